The first-order chi connectivity index (χ1) is 11.9. The summed E-state index contributed by atoms with van der Waals surface area (Å²) in [4.78, 5) is 4.56. The maximum absolute atomic E-state index is 10.8. The summed E-state index contributed by atoms with van der Waals surface area (Å²) in [6.07, 6.45) is 1.60. The Balaban J connectivity index is 2.61. The fourth-order valence-corrected chi connectivity index (χ4v) is 2.82. The van der Waals surface area contributed by atoms with Crippen molar-refractivity contribution in [1.82, 2.24) is 0 Å². The number of hydrogen-bond acceptors (Lipinski definition) is 4. The third-order valence-electron chi connectivity index (χ3n) is 4.32. The number of benzene rings is 2. The smallest absolute Gasteiger partial charge is 0.131 e. The van der Waals surface area contributed by atoms with E-state index in [0.717, 1.165) is 16.8 Å². The average molecular weight is 355 g/mol. The van der Waals surface area contributed by atoms with Crippen LogP contribution < -0.4 is 4.74 Å². The predicted molar refractivity (Wildman–Crippen MR) is 107 cm³/mol. The molecule has 0 aliphatic rings. The highest BCUT2D eigenvalue weighted by Crippen LogP contribution is 2.41. The van der Waals surface area contributed by atoms with E-state index in [2.05, 4.69) is 46.5 Å². The summed E-state index contributed by atoms with van der Waals surface area (Å²) in [6.45, 7) is 12.4. The Morgan fingerprint density at radius 3 is 1.92 bits per heavy atom. The molecule has 0 radical (unpaired) electrons. The van der Waals surface area contributed by atoms with Crippen LogP contribution in [0.15, 0.2) is 35.3 Å². The van der Waals surface area contributed by atoms with Gasteiger partial charge in [0.25, 0.3) is 0 Å². The molecule has 2 N–H and O–H groups in total. The van der Waals surface area contributed by atoms with Crippen LogP contribution in [0.1, 0.15) is 58.2 Å². The molecule has 4 nitrogen and oxygen atoms in total. The van der Waals surface area contributed by atoms with Gasteiger partial charge < -0.3 is 14.9 Å². The SMILES string of the molecule is COc1cccc(O)c1C=Nc1cc(C(C)(C)C)c(O)c(C(C)(C)C)c1. The van der Waals surface area contributed by atoms with Gasteiger partial charge in [0.15, 0.2) is 0 Å². The lowest BCUT2D eigenvalue weighted by Crippen LogP contribution is -2.16. The van der Waals surface area contributed by atoms with Crippen molar-refractivity contribution < 1.29 is 14.9 Å². The molecule has 0 saturated carbocycles. The van der Waals surface area contributed by atoms with Crippen molar-refractivity contribution in [1.29, 1.82) is 0 Å². The highest BCUT2D eigenvalue weighted by atomic mass is 16.5. The van der Waals surface area contributed by atoms with Crippen LogP contribution in [0.4, 0.5) is 5.69 Å². The number of hydrogen-bond donors (Lipinski definition) is 2. The maximum Gasteiger partial charge on any atom is 0.131 e. The molecule has 0 unspecified atom stereocenters. The highest BCUT2D eigenvalue weighted by molar-refractivity contribution is 5.89. The van der Waals surface area contributed by atoms with E-state index in [9.17, 15) is 10.2 Å². The lowest BCUT2D eigenvalue weighted by Gasteiger charge is -2.27. The quantitative estimate of drug-likeness (QED) is 0.719. The summed E-state index contributed by atoms with van der Waals surface area (Å²) < 4.78 is 5.30. The number of methoxy groups -OCH3 is 1. The first-order valence-electron chi connectivity index (χ1n) is 8.73. The van der Waals surface area contributed by atoms with Gasteiger partial charge in [0.1, 0.15) is 17.2 Å². The van der Waals surface area contributed by atoms with Gasteiger partial charge in [-0.15, -0.1) is 0 Å². The number of rotatable bonds is 3. The van der Waals surface area contributed by atoms with Crippen LogP contribution in [0.25, 0.3) is 0 Å². The summed E-state index contributed by atoms with van der Waals surface area (Å²) in [5, 5.41) is 20.9. The van der Waals surface area contributed by atoms with Crippen molar-refractivity contribution in [3.8, 4) is 17.2 Å². The van der Waals surface area contributed by atoms with Gasteiger partial charge in [0, 0.05) is 17.3 Å². The molecular weight excluding hydrogens is 326 g/mol. The Morgan fingerprint density at radius 1 is 0.923 bits per heavy atom. The molecule has 0 spiro atoms. The third kappa shape index (κ3) is 4.18. The van der Waals surface area contributed by atoms with E-state index in [1.54, 1.807) is 31.5 Å². The van der Waals surface area contributed by atoms with Gasteiger partial charge >= 0.3 is 0 Å². The Labute approximate surface area is 156 Å². The van der Waals surface area contributed by atoms with Gasteiger partial charge in [0.05, 0.1) is 18.4 Å². The van der Waals surface area contributed by atoms with Crippen LogP contribution in [0.5, 0.6) is 17.2 Å². The summed E-state index contributed by atoms with van der Waals surface area (Å²) in [5.41, 5.74) is 2.51. The first kappa shape index (κ1) is 19.8. The number of aliphatic imine (C=N–C) groups is 1. The van der Waals surface area contributed by atoms with Gasteiger partial charge in [-0.1, -0.05) is 47.6 Å². The molecule has 0 saturated heterocycles. The van der Waals surface area contributed by atoms with E-state index in [1.807, 2.05) is 12.1 Å². The zero-order valence-corrected chi connectivity index (χ0v) is 16.7. The first-order valence-corrected chi connectivity index (χ1v) is 8.73. The summed E-state index contributed by atoms with van der Waals surface area (Å²) in [7, 11) is 1.56. The van der Waals surface area contributed by atoms with Gasteiger partial charge in [-0.25, -0.2) is 0 Å². The molecule has 0 aliphatic carbocycles. The number of phenolic OH excluding ortho intramolecular Hbond substituents is 2. The van der Waals surface area contributed by atoms with E-state index < -0.39 is 0 Å². The summed E-state index contributed by atoms with van der Waals surface area (Å²) in [6, 6.07) is 8.89. The van der Waals surface area contributed by atoms with E-state index in [1.165, 1.54) is 0 Å². The Kier molecular flexibility index (Phi) is 5.36. The van der Waals surface area contributed by atoms with E-state index in [-0.39, 0.29) is 16.6 Å². The molecule has 2 aromatic rings. The normalized spacial score (nSPS) is 12.6. The zero-order valence-electron chi connectivity index (χ0n) is 16.7. The standard InChI is InChI=1S/C22H29NO3/c1-21(2,3)16-11-14(12-17(20(16)25)22(4,5)6)23-13-15-18(24)9-8-10-19(15)26-7/h8-13,24-25H,1-7H3. The zero-order chi connectivity index (χ0) is 19.7. The lowest BCUT2D eigenvalue weighted by atomic mass is 9.79. The number of nitrogens with zero attached hydrogens (tertiary/aromatic N) is 1. The molecule has 2 aromatic carbocycles. The van der Waals surface area contributed by atoms with Crippen LogP contribution in [0.2, 0.25) is 0 Å². The van der Waals surface area contributed by atoms with Crippen molar-refractivity contribution in [3.63, 3.8) is 0 Å². The number of phenols is 2. The lowest BCUT2D eigenvalue weighted by molar-refractivity contribution is 0.406. The number of aromatic hydroxyl groups is 2. The van der Waals surface area contributed by atoms with E-state index in [0.29, 0.717) is 17.1 Å². The fraction of sp³-hybridized carbons (Fsp3) is 0.409. The topological polar surface area (TPSA) is 62.0 Å². The molecule has 0 bridgehead atoms. The van der Waals surface area contributed by atoms with Crippen LogP contribution in [0.3, 0.4) is 0 Å². The van der Waals surface area contributed by atoms with Gasteiger partial charge in [-0.05, 0) is 35.1 Å². The second kappa shape index (κ2) is 7.02. The molecular formula is C22H29NO3. The fourth-order valence-electron chi connectivity index (χ4n) is 2.82. The maximum atomic E-state index is 10.8. The van der Waals surface area contributed by atoms with E-state index in [4.69, 9.17) is 4.74 Å². The molecule has 140 valence electrons. The minimum Gasteiger partial charge on any atom is -0.507 e. The molecule has 0 heterocycles. The molecule has 26 heavy (non-hydrogen) atoms. The van der Waals surface area contributed by atoms with Gasteiger partial charge in [-0.3, -0.25) is 4.99 Å². The highest BCUT2D eigenvalue weighted by Gasteiger charge is 2.26. The minimum atomic E-state index is -0.220. The molecule has 2 rings (SSSR count). The van der Waals surface area contributed by atoms with Crippen LogP contribution in [0, 0.1) is 0 Å². The van der Waals surface area contributed by atoms with Crippen molar-refractivity contribution >= 4 is 11.9 Å². The molecule has 0 aromatic heterocycles. The van der Waals surface area contributed by atoms with Crippen LogP contribution >= 0.6 is 0 Å². The number of ether oxygens (including phenoxy) is 1. The van der Waals surface area contributed by atoms with Gasteiger partial charge in [0.2, 0.25) is 0 Å². The monoisotopic (exact) mass is 355 g/mol. The molecule has 0 fully saturated rings. The van der Waals surface area contributed by atoms with Crippen LogP contribution in [-0.2, 0) is 10.8 Å². The molecule has 0 atom stereocenters. The van der Waals surface area contributed by atoms with Crippen molar-refractivity contribution in [2.75, 3.05) is 7.11 Å². The van der Waals surface area contributed by atoms with Gasteiger partial charge in [-0.2, -0.15) is 0 Å². The summed E-state index contributed by atoms with van der Waals surface area (Å²) >= 11 is 0. The second-order valence-corrected chi connectivity index (χ2v) is 8.54. The average Bonchev–Trinajstić information content (AvgIpc) is 2.52. The minimum absolute atomic E-state index is 0.110. The Hall–Kier alpha value is -2.49. The molecule has 4 heteroatoms. The Morgan fingerprint density at radius 2 is 1.46 bits per heavy atom. The van der Waals surface area contributed by atoms with Crippen molar-refractivity contribution in [2.45, 2.75) is 52.4 Å². The largest absolute Gasteiger partial charge is 0.507 e. The van der Waals surface area contributed by atoms with E-state index >= 15 is 0 Å². The predicted octanol–water partition coefficient (Wildman–Crippen LogP) is 5.45. The molecule has 0 amide bonds. The second-order valence-electron chi connectivity index (χ2n) is 8.54. The van der Waals surface area contributed by atoms with Crippen LogP contribution in [-0.4, -0.2) is 23.5 Å². The van der Waals surface area contributed by atoms with Crippen molar-refractivity contribution in [3.05, 3.63) is 47.0 Å². The van der Waals surface area contributed by atoms with Crippen molar-refractivity contribution in [2.24, 2.45) is 4.99 Å². The third-order valence-corrected chi connectivity index (χ3v) is 4.32. The molecule has 0 aliphatic heterocycles. The summed E-state index contributed by atoms with van der Waals surface area (Å²) in [5.74, 6) is 0.989. The Bertz CT molecular complexity index is 789.